The van der Waals surface area contributed by atoms with Gasteiger partial charge in [0.1, 0.15) is 0 Å². The number of carbonyl (C=O) groups is 1. The zero-order valence-electron chi connectivity index (χ0n) is 19.8. The van der Waals surface area contributed by atoms with E-state index in [2.05, 4.69) is 30.7 Å². The second-order valence-corrected chi connectivity index (χ2v) is 12.0. The smallest absolute Gasteiger partial charge is 0.337 e. The maximum atomic E-state index is 12.1. The molecule has 2 atom stereocenters. The quantitative estimate of drug-likeness (QED) is 0.506. The number of anilines is 2. The molecular formula is C25H31N3O4S. The van der Waals surface area contributed by atoms with Gasteiger partial charge < -0.3 is 14.6 Å². The SMILES string of the molecule is COC(=O)c1ccc2c(c1)nc(Nc1ccc(S(C)(=O)=O)cc1)n2[C@H]1C[C@@H](C)CC(C)(C)C1. The summed E-state index contributed by atoms with van der Waals surface area (Å²) in [6, 6.07) is 12.4. The maximum absolute atomic E-state index is 12.1. The Kier molecular flexibility index (Phi) is 5.99. The summed E-state index contributed by atoms with van der Waals surface area (Å²) >= 11 is 0. The summed E-state index contributed by atoms with van der Waals surface area (Å²) in [4.78, 5) is 17.2. The lowest BCUT2D eigenvalue weighted by Crippen LogP contribution is -2.29. The van der Waals surface area contributed by atoms with E-state index >= 15 is 0 Å². The highest BCUT2D eigenvalue weighted by atomic mass is 32.2. The first-order chi connectivity index (χ1) is 15.5. The van der Waals surface area contributed by atoms with Gasteiger partial charge in [-0.2, -0.15) is 0 Å². The summed E-state index contributed by atoms with van der Waals surface area (Å²) < 4.78 is 30.7. The molecule has 0 spiro atoms. The molecule has 7 nitrogen and oxygen atoms in total. The van der Waals surface area contributed by atoms with Gasteiger partial charge >= 0.3 is 5.97 Å². The van der Waals surface area contributed by atoms with Gasteiger partial charge in [-0.05, 0) is 73.1 Å². The number of hydrogen-bond donors (Lipinski definition) is 1. The summed E-state index contributed by atoms with van der Waals surface area (Å²) in [6.45, 7) is 6.90. The number of sulfone groups is 1. The molecule has 0 amide bonds. The van der Waals surface area contributed by atoms with Gasteiger partial charge in [0.05, 0.1) is 28.6 Å². The standard InChI is InChI=1S/C25H31N3O4S/c1-16-12-19(15-25(2,3)14-16)28-22-11-6-17(23(29)32-4)13-21(22)27-24(28)26-18-7-9-20(10-8-18)33(5,30)31/h6-11,13,16,19H,12,14-15H2,1-5H3,(H,26,27)/t16-,19+/m1/s1. The lowest BCUT2D eigenvalue weighted by Gasteiger charge is -2.40. The Morgan fingerprint density at radius 3 is 2.45 bits per heavy atom. The number of carbonyl (C=O) groups excluding carboxylic acids is 1. The minimum atomic E-state index is -3.27. The Labute approximate surface area is 195 Å². The van der Waals surface area contributed by atoms with Crippen LogP contribution in [0.15, 0.2) is 47.4 Å². The molecule has 33 heavy (non-hydrogen) atoms. The molecule has 176 valence electrons. The molecule has 3 aromatic rings. The third kappa shape index (κ3) is 4.90. The van der Waals surface area contributed by atoms with E-state index in [1.165, 1.54) is 19.8 Å². The number of aromatic nitrogens is 2. The van der Waals surface area contributed by atoms with Gasteiger partial charge in [-0.1, -0.05) is 20.8 Å². The molecule has 0 aliphatic heterocycles. The van der Waals surface area contributed by atoms with Crippen LogP contribution in [-0.4, -0.2) is 37.3 Å². The zero-order valence-corrected chi connectivity index (χ0v) is 20.6. The molecule has 0 bridgehead atoms. The predicted octanol–water partition coefficient (Wildman–Crippen LogP) is 5.36. The number of benzene rings is 2. The van der Waals surface area contributed by atoms with Crippen LogP contribution in [0.25, 0.3) is 11.0 Å². The normalized spacial score (nSPS) is 20.5. The zero-order chi connectivity index (χ0) is 24.0. The van der Waals surface area contributed by atoms with Crippen molar-refractivity contribution < 1.29 is 17.9 Å². The first kappa shape index (κ1) is 23.3. The lowest BCUT2D eigenvalue weighted by molar-refractivity contribution is 0.0601. The molecule has 1 saturated carbocycles. The van der Waals surface area contributed by atoms with Crippen LogP contribution in [0, 0.1) is 11.3 Å². The van der Waals surface area contributed by atoms with Crippen LogP contribution in [0.1, 0.15) is 56.4 Å². The molecule has 0 unspecified atom stereocenters. The van der Waals surface area contributed by atoms with E-state index in [1.54, 1.807) is 36.4 Å². The fourth-order valence-corrected chi connectivity index (χ4v) is 5.84. The number of fused-ring (bicyclic) bond motifs is 1. The first-order valence-corrected chi connectivity index (χ1v) is 13.0. The van der Waals surface area contributed by atoms with Gasteiger partial charge in [0.2, 0.25) is 5.95 Å². The molecule has 4 rings (SSSR count). The summed E-state index contributed by atoms with van der Waals surface area (Å²) in [5, 5.41) is 3.38. The minimum absolute atomic E-state index is 0.208. The van der Waals surface area contributed by atoms with Gasteiger partial charge in [0.15, 0.2) is 9.84 Å². The molecular weight excluding hydrogens is 438 g/mol. The Morgan fingerprint density at radius 1 is 1.15 bits per heavy atom. The van der Waals surface area contributed by atoms with Crippen molar-refractivity contribution in [3.63, 3.8) is 0 Å². The third-order valence-electron chi connectivity index (χ3n) is 6.38. The van der Waals surface area contributed by atoms with E-state index in [0.29, 0.717) is 22.9 Å². The Bertz CT molecular complexity index is 1290. The number of rotatable bonds is 5. The molecule has 1 N–H and O–H groups in total. The van der Waals surface area contributed by atoms with Crippen LogP contribution >= 0.6 is 0 Å². The fourth-order valence-electron chi connectivity index (χ4n) is 5.21. The molecule has 2 aromatic carbocycles. The van der Waals surface area contributed by atoms with Gasteiger partial charge in [0, 0.05) is 18.0 Å². The van der Waals surface area contributed by atoms with Crippen molar-refractivity contribution in [2.24, 2.45) is 11.3 Å². The molecule has 1 heterocycles. The van der Waals surface area contributed by atoms with E-state index in [-0.39, 0.29) is 16.4 Å². The Balaban J connectivity index is 1.79. The monoisotopic (exact) mass is 469 g/mol. The van der Waals surface area contributed by atoms with E-state index in [0.717, 1.165) is 24.0 Å². The highest BCUT2D eigenvalue weighted by molar-refractivity contribution is 7.90. The summed E-state index contributed by atoms with van der Waals surface area (Å²) in [5.41, 5.74) is 3.07. The molecule has 1 fully saturated rings. The second-order valence-electron chi connectivity index (χ2n) is 9.99. The molecule has 1 aromatic heterocycles. The summed E-state index contributed by atoms with van der Waals surface area (Å²) in [5.74, 6) is 0.853. The van der Waals surface area contributed by atoms with Crippen LogP contribution in [0.4, 0.5) is 11.6 Å². The van der Waals surface area contributed by atoms with E-state index in [4.69, 9.17) is 9.72 Å². The van der Waals surface area contributed by atoms with Gasteiger partial charge in [-0.25, -0.2) is 18.2 Å². The average Bonchev–Trinajstić information content (AvgIpc) is 3.08. The number of methoxy groups -OCH3 is 1. The molecule has 1 aliphatic rings. The molecule has 0 radical (unpaired) electrons. The van der Waals surface area contributed by atoms with Crippen LogP contribution in [0.5, 0.6) is 0 Å². The minimum Gasteiger partial charge on any atom is -0.465 e. The number of nitrogens with one attached hydrogen (secondary N) is 1. The Hall–Kier alpha value is -2.87. The van der Waals surface area contributed by atoms with Gasteiger partial charge in [-0.3, -0.25) is 0 Å². The largest absolute Gasteiger partial charge is 0.465 e. The van der Waals surface area contributed by atoms with Crippen molar-refractivity contribution in [1.82, 2.24) is 9.55 Å². The van der Waals surface area contributed by atoms with Gasteiger partial charge in [-0.15, -0.1) is 0 Å². The highest BCUT2D eigenvalue weighted by Gasteiger charge is 2.34. The number of imidazole rings is 1. The van der Waals surface area contributed by atoms with E-state index < -0.39 is 15.8 Å². The van der Waals surface area contributed by atoms with E-state index in [1.807, 2.05) is 6.07 Å². The highest BCUT2D eigenvalue weighted by Crippen LogP contribution is 2.46. The molecule has 1 aliphatic carbocycles. The second kappa shape index (κ2) is 8.48. The van der Waals surface area contributed by atoms with Crippen molar-refractivity contribution in [2.45, 2.75) is 51.0 Å². The van der Waals surface area contributed by atoms with Crippen LogP contribution in [-0.2, 0) is 14.6 Å². The van der Waals surface area contributed by atoms with Crippen LogP contribution < -0.4 is 5.32 Å². The van der Waals surface area contributed by atoms with Crippen LogP contribution in [0.3, 0.4) is 0 Å². The van der Waals surface area contributed by atoms with Crippen molar-refractivity contribution >= 4 is 38.5 Å². The number of esters is 1. The first-order valence-electron chi connectivity index (χ1n) is 11.1. The summed E-state index contributed by atoms with van der Waals surface area (Å²) in [6.07, 6.45) is 4.43. The third-order valence-corrected chi connectivity index (χ3v) is 7.51. The van der Waals surface area contributed by atoms with Crippen molar-refractivity contribution in [2.75, 3.05) is 18.7 Å². The topological polar surface area (TPSA) is 90.3 Å². The maximum Gasteiger partial charge on any atom is 0.337 e. The summed E-state index contributed by atoms with van der Waals surface area (Å²) in [7, 11) is -1.90. The Morgan fingerprint density at radius 2 is 1.85 bits per heavy atom. The number of ether oxygens (including phenoxy) is 1. The van der Waals surface area contributed by atoms with Crippen molar-refractivity contribution in [1.29, 1.82) is 0 Å². The predicted molar refractivity (Wildman–Crippen MR) is 130 cm³/mol. The molecule has 0 saturated heterocycles. The van der Waals surface area contributed by atoms with Crippen LogP contribution in [0.2, 0.25) is 0 Å². The number of nitrogens with zero attached hydrogens (tertiary/aromatic N) is 2. The number of hydrogen-bond acceptors (Lipinski definition) is 6. The van der Waals surface area contributed by atoms with Gasteiger partial charge in [0.25, 0.3) is 0 Å². The van der Waals surface area contributed by atoms with E-state index in [9.17, 15) is 13.2 Å². The fraction of sp³-hybridized carbons (Fsp3) is 0.440. The average molecular weight is 470 g/mol. The van der Waals surface area contributed by atoms with Crippen molar-refractivity contribution in [3.8, 4) is 0 Å². The lowest BCUT2D eigenvalue weighted by atomic mass is 9.70. The molecule has 8 heteroatoms. The van der Waals surface area contributed by atoms with Crippen molar-refractivity contribution in [3.05, 3.63) is 48.0 Å².